The van der Waals surface area contributed by atoms with Gasteiger partial charge in [-0.2, -0.15) is 0 Å². The number of anilines is 1. The minimum Gasteiger partial charge on any atom is -0.454 e. The third-order valence-electron chi connectivity index (χ3n) is 4.55. The van der Waals surface area contributed by atoms with Gasteiger partial charge in [-0.3, -0.25) is 19.3 Å². The Balaban J connectivity index is 1.70. The number of benzene rings is 2. The SMILES string of the molecule is CC(C)C(C(=O)OCC(=O)Nc1cccc(Cl)c1Cl)N1C(=O)c2ccccc2C1=O. The van der Waals surface area contributed by atoms with Crippen LogP contribution in [0, 0.1) is 5.92 Å². The maximum atomic E-state index is 12.7. The molecule has 1 aliphatic rings. The fourth-order valence-corrected chi connectivity index (χ4v) is 3.49. The van der Waals surface area contributed by atoms with Gasteiger partial charge in [-0.25, -0.2) is 4.79 Å². The number of rotatable bonds is 6. The largest absolute Gasteiger partial charge is 0.454 e. The second-order valence-corrected chi connectivity index (χ2v) is 7.76. The van der Waals surface area contributed by atoms with Crippen LogP contribution >= 0.6 is 23.2 Å². The molecule has 30 heavy (non-hydrogen) atoms. The van der Waals surface area contributed by atoms with Crippen molar-refractivity contribution in [1.82, 2.24) is 4.90 Å². The molecule has 0 aromatic heterocycles. The average Bonchev–Trinajstić information content (AvgIpc) is 2.95. The van der Waals surface area contributed by atoms with Crippen molar-refractivity contribution in [3.05, 3.63) is 63.6 Å². The standard InChI is InChI=1S/C21H18Cl2N2O5/c1-11(2)18(25-19(27)12-6-3-4-7-13(12)20(25)28)21(29)30-10-16(26)24-15-9-5-8-14(22)17(15)23/h3-9,11,18H,10H2,1-2H3,(H,24,26). The molecule has 7 nitrogen and oxygen atoms in total. The summed E-state index contributed by atoms with van der Waals surface area (Å²) in [4.78, 5) is 51.1. The van der Waals surface area contributed by atoms with Crippen molar-refractivity contribution in [2.45, 2.75) is 19.9 Å². The maximum absolute atomic E-state index is 12.7. The Hall–Kier alpha value is -2.90. The number of nitrogens with one attached hydrogen (secondary N) is 1. The van der Waals surface area contributed by atoms with Gasteiger partial charge in [0.25, 0.3) is 17.7 Å². The zero-order valence-electron chi connectivity index (χ0n) is 16.1. The molecule has 1 unspecified atom stereocenters. The second kappa shape index (κ2) is 8.85. The van der Waals surface area contributed by atoms with Crippen LogP contribution in [0.3, 0.4) is 0 Å². The lowest BCUT2D eigenvalue weighted by Gasteiger charge is -2.27. The van der Waals surface area contributed by atoms with Crippen molar-refractivity contribution >= 4 is 52.6 Å². The van der Waals surface area contributed by atoms with Crippen molar-refractivity contribution in [2.75, 3.05) is 11.9 Å². The van der Waals surface area contributed by atoms with Crippen molar-refractivity contribution in [1.29, 1.82) is 0 Å². The topological polar surface area (TPSA) is 92.8 Å². The minimum absolute atomic E-state index is 0.157. The molecule has 0 aliphatic carbocycles. The zero-order chi connectivity index (χ0) is 22.0. The van der Waals surface area contributed by atoms with Crippen molar-refractivity contribution in [3.8, 4) is 0 Å². The number of carbonyl (C=O) groups is 4. The number of hydrogen-bond donors (Lipinski definition) is 1. The number of carbonyl (C=O) groups excluding carboxylic acids is 4. The summed E-state index contributed by atoms with van der Waals surface area (Å²) in [6.45, 7) is 2.75. The number of nitrogens with zero attached hydrogens (tertiary/aromatic N) is 1. The first-order chi connectivity index (χ1) is 14.2. The number of halogens is 2. The van der Waals surface area contributed by atoms with E-state index in [1.165, 1.54) is 12.1 Å². The van der Waals surface area contributed by atoms with Crippen LogP contribution in [0.25, 0.3) is 0 Å². The Bertz CT molecular complexity index is 1000. The number of ether oxygens (including phenoxy) is 1. The summed E-state index contributed by atoms with van der Waals surface area (Å²) in [5.74, 6) is -3.06. The highest BCUT2D eigenvalue weighted by molar-refractivity contribution is 6.44. The van der Waals surface area contributed by atoms with Crippen LogP contribution < -0.4 is 5.32 Å². The lowest BCUT2D eigenvalue weighted by molar-refractivity contribution is -0.152. The van der Waals surface area contributed by atoms with E-state index in [0.29, 0.717) is 0 Å². The zero-order valence-corrected chi connectivity index (χ0v) is 17.7. The minimum atomic E-state index is -1.17. The van der Waals surface area contributed by atoms with Gasteiger partial charge in [0.05, 0.1) is 26.9 Å². The number of amides is 3. The molecule has 1 atom stereocenters. The van der Waals surface area contributed by atoms with E-state index in [9.17, 15) is 19.2 Å². The van der Waals surface area contributed by atoms with Gasteiger partial charge in [-0.15, -0.1) is 0 Å². The highest BCUT2D eigenvalue weighted by atomic mass is 35.5. The Morgan fingerprint density at radius 2 is 1.60 bits per heavy atom. The molecule has 0 saturated carbocycles. The number of esters is 1. The lowest BCUT2D eigenvalue weighted by Crippen LogP contribution is -2.49. The average molecular weight is 449 g/mol. The lowest BCUT2D eigenvalue weighted by atomic mass is 10.0. The monoisotopic (exact) mass is 448 g/mol. The summed E-state index contributed by atoms with van der Waals surface area (Å²) in [5.41, 5.74) is 0.731. The molecular weight excluding hydrogens is 431 g/mol. The van der Waals surface area contributed by atoms with E-state index >= 15 is 0 Å². The summed E-state index contributed by atoms with van der Waals surface area (Å²) >= 11 is 11.9. The van der Waals surface area contributed by atoms with E-state index in [1.54, 1.807) is 44.2 Å². The van der Waals surface area contributed by atoms with Crippen LogP contribution in [0.4, 0.5) is 5.69 Å². The van der Waals surface area contributed by atoms with Gasteiger partial charge in [0, 0.05) is 0 Å². The first kappa shape index (κ1) is 21.8. The highest BCUT2D eigenvalue weighted by Gasteiger charge is 2.44. The molecule has 0 fully saturated rings. The van der Waals surface area contributed by atoms with Gasteiger partial charge < -0.3 is 10.1 Å². The number of imide groups is 1. The molecule has 1 heterocycles. The molecule has 2 aromatic rings. The van der Waals surface area contributed by atoms with E-state index in [-0.39, 0.29) is 26.9 Å². The van der Waals surface area contributed by atoms with E-state index < -0.39 is 42.3 Å². The fourth-order valence-electron chi connectivity index (χ4n) is 3.14. The van der Waals surface area contributed by atoms with Crippen molar-refractivity contribution in [2.24, 2.45) is 5.92 Å². The molecule has 1 N–H and O–H groups in total. The van der Waals surface area contributed by atoms with E-state index in [4.69, 9.17) is 27.9 Å². The Labute approximate surface area is 182 Å². The molecule has 3 rings (SSSR count). The maximum Gasteiger partial charge on any atom is 0.330 e. The summed E-state index contributed by atoms with van der Waals surface area (Å²) in [6.07, 6.45) is 0. The third kappa shape index (κ3) is 4.17. The molecular formula is C21H18Cl2N2O5. The van der Waals surface area contributed by atoms with E-state index in [2.05, 4.69) is 5.32 Å². The predicted octanol–water partition coefficient (Wildman–Crippen LogP) is 3.80. The molecule has 0 spiro atoms. The molecule has 3 amide bonds. The van der Waals surface area contributed by atoms with Crippen molar-refractivity contribution in [3.63, 3.8) is 0 Å². The van der Waals surface area contributed by atoms with Crippen LogP contribution in [0.15, 0.2) is 42.5 Å². The first-order valence-corrected chi connectivity index (χ1v) is 9.85. The van der Waals surface area contributed by atoms with Crippen LogP contribution in [-0.4, -0.2) is 41.2 Å². The van der Waals surface area contributed by atoms with Crippen LogP contribution in [-0.2, 0) is 14.3 Å². The molecule has 2 aromatic carbocycles. The van der Waals surface area contributed by atoms with Gasteiger partial charge in [0.15, 0.2) is 6.61 Å². The van der Waals surface area contributed by atoms with Crippen LogP contribution in [0.5, 0.6) is 0 Å². The molecule has 0 saturated heterocycles. The van der Waals surface area contributed by atoms with Gasteiger partial charge in [0.1, 0.15) is 6.04 Å². The smallest absolute Gasteiger partial charge is 0.330 e. The summed E-state index contributed by atoms with van der Waals surface area (Å²) < 4.78 is 5.10. The Kier molecular flexibility index (Phi) is 6.43. The predicted molar refractivity (Wildman–Crippen MR) is 112 cm³/mol. The summed E-state index contributed by atoms with van der Waals surface area (Å²) in [7, 11) is 0. The number of fused-ring (bicyclic) bond motifs is 1. The van der Waals surface area contributed by atoms with Gasteiger partial charge in [0.2, 0.25) is 0 Å². The fraction of sp³-hybridized carbons (Fsp3) is 0.238. The second-order valence-electron chi connectivity index (χ2n) is 6.97. The molecule has 9 heteroatoms. The highest BCUT2D eigenvalue weighted by Crippen LogP contribution is 2.30. The summed E-state index contributed by atoms with van der Waals surface area (Å²) in [6, 6.07) is 9.88. The first-order valence-electron chi connectivity index (χ1n) is 9.09. The quantitative estimate of drug-likeness (QED) is 0.535. The van der Waals surface area contributed by atoms with Crippen molar-refractivity contribution < 1.29 is 23.9 Å². The van der Waals surface area contributed by atoms with Gasteiger partial charge in [-0.1, -0.05) is 55.2 Å². The van der Waals surface area contributed by atoms with Gasteiger partial charge in [-0.05, 0) is 30.2 Å². The Morgan fingerprint density at radius 3 is 2.17 bits per heavy atom. The molecule has 0 bridgehead atoms. The van der Waals surface area contributed by atoms with E-state index in [1.807, 2.05) is 0 Å². The molecule has 156 valence electrons. The van der Waals surface area contributed by atoms with Gasteiger partial charge >= 0.3 is 5.97 Å². The molecule has 0 radical (unpaired) electrons. The van der Waals surface area contributed by atoms with Crippen LogP contribution in [0.2, 0.25) is 10.0 Å². The summed E-state index contributed by atoms with van der Waals surface area (Å²) in [5, 5.41) is 2.91. The molecule has 1 aliphatic heterocycles. The third-order valence-corrected chi connectivity index (χ3v) is 5.37. The van der Waals surface area contributed by atoms with E-state index in [0.717, 1.165) is 4.90 Å². The van der Waals surface area contributed by atoms with Crippen LogP contribution in [0.1, 0.15) is 34.6 Å². The normalized spacial score (nSPS) is 14.0. The number of hydrogen-bond acceptors (Lipinski definition) is 5. The Morgan fingerprint density at radius 1 is 1.00 bits per heavy atom.